The predicted molar refractivity (Wildman–Crippen MR) is 128 cm³/mol. The highest BCUT2D eigenvalue weighted by Gasteiger charge is 2.60. The minimum Gasteiger partial charge on any atom is -0.464 e. The van der Waals surface area contributed by atoms with Crippen LogP contribution in [0.4, 0.5) is 13.6 Å². The number of allylic oxidation sites excluding steroid dienone is 1. The van der Waals surface area contributed by atoms with Gasteiger partial charge in [0.1, 0.15) is 17.7 Å². The number of amides is 3. The molecule has 12 heteroatoms. The van der Waals surface area contributed by atoms with E-state index in [1.165, 1.54) is 4.90 Å². The van der Waals surface area contributed by atoms with Crippen LogP contribution in [0.1, 0.15) is 72.6 Å². The number of carbonyl (C=O) groups is 4. The van der Waals surface area contributed by atoms with Crippen LogP contribution in [0.2, 0.25) is 0 Å². The molecule has 0 radical (unpaired) electrons. The van der Waals surface area contributed by atoms with Gasteiger partial charge in [-0.15, -0.1) is 0 Å². The summed E-state index contributed by atoms with van der Waals surface area (Å²) >= 11 is 0. The minimum absolute atomic E-state index is 0.00903. The second-order valence-corrected chi connectivity index (χ2v) is 10.9. The van der Waals surface area contributed by atoms with Crippen molar-refractivity contribution in [3.8, 4) is 0 Å². The SMILES string of the molecule is CCOC(=O)[C@@]12C/C1=C\C(F)(F)CCCCC[C@H](NC(=O)OC(C)(C)C)C(=O)N1C[C@@H](O)C[C@H]1C(=O)N2. The third-order valence-electron chi connectivity index (χ3n) is 6.58. The van der Waals surface area contributed by atoms with Crippen molar-refractivity contribution < 1.29 is 42.5 Å². The van der Waals surface area contributed by atoms with Crippen molar-refractivity contribution in [1.82, 2.24) is 15.5 Å². The smallest absolute Gasteiger partial charge is 0.408 e. The Labute approximate surface area is 215 Å². The molecule has 3 N–H and O–H groups in total. The zero-order valence-corrected chi connectivity index (χ0v) is 21.8. The number of carbonyl (C=O) groups excluding carboxylic acids is 4. The number of alkyl carbamates (subject to hydrolysis) is 1. The highest BCUT2D eigenvalue weighted by Crippen LogP contribution is 2.47. The van der Waals surface area contributed by atoms with Gasteiger partial charge in [0, 0.05) is 25.8 Å². The number of halogens is 2. The Morgan fingerprint density at radius 2 is 1.95 bits per heavy atom. The molecule has 3 rings (SSSR count). The Morgan fingerprint density at radius 1 is 1.24 bits per heavy atom. The zero-order chi connectivity index (χ0) is 27.6. The van der Waals surface area contributed by atoms with Crippen LogP contribution >= 0.6 is 0 Å². The molecule has 0 aromatic carbocycles. The number of rotatable bonds is 3. The summed E-state index contributed by atoms with van der Waals surface area (Å²) in [6, 6.07) is -2.25. The van der Waals surface area contributed by atoms with E-state index in [-0.39, 0.29) is 44.4 Å². The Kier molecular flexibility index (Phi) is 8.50. The number of aliphatic hydroxyl groups is 1. The molecule has 1 aliphatic carbocycles. The first kappa shape index (κ1) is 28.8. The minimum atomic E-state index is -3.20. The van der Waals surface area contributed by atoms with Crippen molar-refractivity contribution in [3.05, 3.63) is 11.6 Å². The molecule has 2 heterocycles. The maximum Gasteiger partial charge on any atom is 0.408 e. The summed E-state index contributed by atoms with van der Waals surface area (Å²) in [4.78, 5) is 53.1. The number of nitrogens with one attached hydrogen (secondary N) is 2. The van der Waals surface area contributed by atoms with Crippen LogP contribution in [-0.4, -0.2) is 82.3 Å². The molecular weight excluding hydrogens is 492 g/mol. The van der Waals surface area contributed by atoms with E-state index in [1.54, 1.807) is 27.7 Å². The molecule has 0 bridgehead atoms. The van der Waals surface area contributed by atoms with Crippen molar-refractivity contribution in [2.45, 2.75) is 108 Å². The first-order valence-electron chi connectivity index (χ1n) is 12.7. The first-order chi connectivity index (χ1) is 17.2. The van der Waals surface area contributed by atoms with Gasteiger partial charge in [0.15, 0.2) is 5.54 Å². The summed E-state index contributed by atoms with van der Waals surface area (Å²) in [5, 5.41) is 15.4. The van der Waals surface area contributed by atoms with Crippen molar-refractivity contribution in [2.75, 3.05) is 13.2 Å². The fourth-order valence-electron chi connectivity index (χ4n) is 4.77. The fourth-order valence-corrected chi connectivity index (χ4v) is 4.77. The molecule has 1 saturated heterocycles. The Morgan fingerprint density at radius 3 is 2.59 bits per heavy atom. The van der Waals surface area contributed by atoms with E-state index in [4.69, 9.17) is 9.47 Å². The van der Waals surface area contributed by atoms with Gasteiger partial charge < -0.3 is 30.1 Å². The third-order valence-corrected chi connectivity index (χ3v) is 6.58. The summed E-state index contributed by atoms with van der Waals surface area (Å²) in [6.07, 6.45) is -0.812. The van der Waals surface area contributed by atoms with Gasteiger partial charge in [0.2, 0.25) is 11.8 Å². The topological polar surface area (TPSA) is 134 Å². The average Bonchev–Trinajstić information content (AvgIpc) is 3.28. The molecule has 0 aromatic rings. The van der Waals surface area contributed by atoms with Crippen LogP contribution < -0.4 is 10.6 Å². The van der Waals surface area contributed by atoms with Crippen molar-refractivity contribution >= 4 is 23.9 Å². The van der Waals surface area contributed by atoms with Crippen molar-refractivity contribution in [3.63, 3.8) is 0 Å². The van der Waals surface area contributed by atoms with Gasteiger partial charge in [-0.1, -0.05) is 12.8 Å². The molecule has 0 spiro atoms. The molecule has 4 atom stereocenters. The standard InChI is InChI=1S/C25H37F2N3O7/c1-5-36-21(34)25-13-15(25)12-24(26,27)10-8-6-7-9-17(28-22(35)37-23(2,3)4)20(33)30-14-16(31)11-18(30)19(32)29-25/h12,16-18,31H,5-11,13-14H2,1-4H3,(H,28,35)(H,29,32)/b15-12+/t16-,17-,18-,25+/m0/s1. The van der Waals surface area contributed by atoms with Gasteiger partial charge >= 0.3 is 12.1 Å². The molecule has 0 unspecified atom stereocenters. The quantitative estimate of drug-likeness (QED) is 0.377. The van der Waals surface area contributed by atoms with Crippen LogP contribution in [-0.2, 0) is 23.9 Å². The summed E-state index contributed by atoms with van der Waals surface area (Å²) in [7, 11) is 0. The van der Waals surface area contributed by atoms with Gasteiger partial charge in [-0.3, -0.25) is 9.59 Å². The molecule has 10 nitrogen and oxygen atoms in total. The first-order valence-corrected chi connectivity index (χ1v) is 12.7. The second-order valence-electron chi connectivity index (χ2n) is 10.9. The molecule has 2 aliphatic heterocycles. The van der Waals surface area contributed by atoms with Gasteiger partial charge in [-0.05, 0) is 52.2 Å². The fraction of sp³-hybridized carbons (Fsp3) is 0.760. The van der Waals surface area contributed by atoms with E-state index in [0.29, 0.717) is 12.8 Å². The predicted octanol–water partition coefficient (Wildman–Crippen LogP) is 2.19. The highest BCUT2D eigenvalue weighted by atomic mass is 19.3. The molecule has 0 aromatic heterocycles. The van der Waals surface area contributed by atoms with Crippen LogP contribution in [0.3, 0.4) is 0 Å². The molecule has 3 amide bonds. The van der Waals surface area contributed by atoms with Gasteiger partial charge in [0.05, 0.1) is 12.7 Å². The highest BCUT2D eigenvalue weighted by molar-refractivity contribution is 5.99. The van der Waals surface area contributed by atoms with E-state index in [1.807, 2.05) is 0 Å². The number of fused-ring (bicyclic) bond motifs is 2. The lowest BCUT2D eigenvalue weighted by Gasteiger charge is -2.30. The molecule has 37 heavy (non-hydrogen) atoms. The van der Waals surface area contributed by atoms with Gasteiger partial charge in [-0.2, -0.15) is 0 Å². The Hall–Kier alpha value is -2.76. The number of hydrogen-bond donors (Lipinski definition) is 3. The maximum atomic E-state index is 14.7. The monoisotopic (exact) mass is 529 g/mol. The number of alkyl halides is 2. The number of aliphatic hydroxyl groups excluding tert-OH is 1. The van der Waals surface area contributed by atoms with Crippen LogP contribution in [0.5, 0.6) is 0 Å². The summed E-state index contributed by atoms with van der Waals surface area (Å²) < 4.78 is 39.7. The normalized spacial score (nSPS) is 31.9. The second kappa shape index (κ2) is 10.9. The van der Waals surface area contributed by atoms with Crippen LogP contribution in [0.25, 0.3) is 0 Å². The largest absolute Gasteiger partial charge is 0.464 e. The molecule has 2 fully saturated rings. The Bertz CT molecular complexity index is 949. The average molecular weight is 530 g/mol. The number of esters is 1. The third kappa shape index (κ3) is 7.18. The van der Waals surface area contributed by atoms with Gasteiger partial charge in [-0.25, -0.2) is 18.4 Å². The van der Waals surface area contributed by atoms with Crippen LogP contribution in [0.15, 0.2) is 11.6 Å². The van der Waals surface area contributed by atoms with E-state index >= 15 is 0 Å². The van der Waals surface area contributed by atoms with E-state index < -0.39 is 65.5 Å². The van der Waals surface area contributed by atoms with E-state index in [9.17, 15) is 33.1 Å². The molecule has 3 aliphatic rings. The molecular formula is C25H37F2N3O7. The lowest BCUT2D eigenvalue weighted by Crippen LogP contribution is -2.56. The number of ether oxygens (including phenoxy) is 2. The summed E-state index contributed by atoms with van der Waals surface area (Å²) in [5.41, 5.74) is -2.49. The van der Waals surface area contributed by atoms with Crippen LogP contribution in [0, 0.1) is 0 Å². The number of hydrogen-bond acceptors (Lipinski definition) is 7. The maximum absolute atomic E-state index is 14.7. The summed E-state index contributed by atoms with van der Waals surface area (Å²) in [5.74, 6) is -5.42. The summed E-state index contributed by atoms with van der Waals surface area (Å²) in [6.45, 7) is 6.40. The Balaban J connectivity index is 1.91. The van der Waals surface area contributed by atoms with Gasteiger partial charge in [0.25, 0.3) is 5.92 Å². The number of nitrogens with zero attached hydrogens (tertiary/aromatic N) is 1. The van der Waals surface area contributed by atoms with E-state index in [0.717, 1.165) is 6.08 Å². The zero-order valence-electron chi connectivity index (χ0n) is 21.8. The molecule has 208 valence electrons. The molecule has 1 saturated carbocycles. The lowest BCUT2D eigenvalue weighted by atomic mass is 10.0. The lowest BCUT2D eigenvalue weighted by molar-refractivity contribution is -0.149. The van der Waals surface area contributed by atoms with E-state index in [2.05, 4.69) is 10.6 Å². The van der Waals surface area contributed by atoms with Crippen molar-refractivity contribution in [2.24, 2.45) is 0 Å². The van der Waals surface area contributed by atoms with Crippen molar-refractivity contribution in [1.29, 1.82) is 0 Å².